The summed E-state index contributed by atoms with van der Waals surface area (Å²) in [6.45, 7) is 3.69. The van der Waals surface area contributed by atoms with E-state index in [2.05, 4.69) is 4.52 Å². The molecule has 0 aliphatic carbocycles. The number of hydrogen-bond acceptors (Lipinski definition) is 4. The SMILES string of the molecule is COP(=O)(O)C(O)(C(C)(C)C)P(=O)(O)O. The van der Waals surface area contributed by atoms with Crippen LogP contribution in [-0.4, -0.2) is 32.0 Å². The molecule has 15 heavy (non-hydrogen) atoms. The van der Waals surface area contributed by atoms with Crippen LogP contribution in [0.2, 0.25) is 0 Å². The molecule has 9 heteroatoms. The molecule has 0 fully saturated rings. The first-order chi connectivity index (χ1) is 6.31. The van der Waals surface area contributed by atoms with Gasteiger partial charge in [0.2, 0.25) is 0 Å². The van der Waals surface area contributed by atoms with Gasteiger partial charge in [0.05, 0.1) is 0 Å². The molecular weight excluding hydrogens is 246 g/mol. The van der Waals surface area contributed by atoms with E-state index < -0.39 is 25.7 Å². The average Bonchev–Trinajstić information content (AvgIpc) is 1.98. The van der Waals surface area contributed by atoms with E-state index in [0.717, 1.165) is 7.11 Å². The Labute approximate surface area is 87.8 Å². The lowest BCUT2D eigenvalue weighted by Gasteiger charge is -2.40. The molecule has 0 aliphatic heterocycles. The first kappa shape index (κ1) is 15.3. The van der Waals surface area contributed by atoms with Gasteiger partial charge < -0.3 is 24.3 Å². The lowest BCUT2D eigenvalue weighted by Crippen LogP contribution is -2.42. The Bertz CT molecular complexity index is 327. The summed E-state index contributed by atoms with van der Waals surface area (Å²) in [5.74, 6) is 0. The fourth-order valence-electron chi connectivity index (χ4n) is 1.15. The van der Waals surface area contributed by atoms with E-state index in [1.54, 1.807) is 0 Å². The van der Waals surface area contributed by atoms with Crippen LogP contribution in [0, 0.1) is 5.41 Å². The summed E-state index contributed by atoms with van der Waals surface area (Å²) in [4.78, 5) is 27.3. The van der Waals surface area contributed by atoms with Crippen molar-refractivity contribution < 1.29 is 33.4 Å². The van der Waals surface area contributed by atoms with Crippen LogP contribution in [-0.2, 0) is 13.7 Å². The molecule has 0 saturated heterocycles. The molecular formula is C6H16O7P2. The van der Waals surface area contributed by atoms with Crippen molar-refractivity contribution in [3.63, 3.8) is 0 Å². The van der Waals surface area contributed by atoms with Crippen LogP contribution in [0.15, 0.2) is 0 Å². The molecule has 0 radical (unpaired) electrons. The molecule has 0 aliphatic rings. The summed E-state index contributed by atoms with van der Waals surface area (Å²) in [7, 11) is -9.28. The van der Waals surface area contributed by atoms with Crippen LogP contribution >= 0.6 is 15.2 Å². The highest BCUT2D eigenvalue weighted by molar-refractivity contribution is 7.72. The summed E-state index contributed by atoms with van der Waals surface area (Å²) in [5.41, 5.74) is -1.52. The van der Waals surface area contributed by atoms with Crippen LogP contribution in [0.25, 0.3) is 0 Å². The van der Waals surface area contributed by atoms with Crippen molar-refractivity contribution in [1.82, 2.24) is 0 Å². The van der Waals surface area contributed by atoms with Crippen molar-refractivity contribution in [1.29, 1.82) is 0 Å². The largest absolute Gasteiger partial charge is 0.372 e. The van der Waals surface area contributed by atoms with Gasteiger partial charge in [-0.3, -0.25) is 9.13 Å². The summed E-state index contributed by atoms with van der Waals surface area (Å²) in [6, 6.07) is 0. The Kier molecular flexibility index (Phi) is 4.00. The van der Waals surface area contributed by atoms with E-state index >= 15 is 0 Å². The Balaban J connectivity index is 5.89. The first-order valence-corrected chi connectivity index (χ1v) is 7.17. The predicted molar refractivity (Wildman–Crippen MR) is 53.3 cm³/mol. The van der Waals surface area contributed by atoms with Crippen molar-refractivity contribution in [2.45, 2.75) is 25.9 Å². The van der Waals surface area contributed by atoms with Gasteiger partial charge in [-0.1, -0.05) is 20.8 Å². The number of rotatable bonds is 3. The minimum Gasteiger partial charge on any atom is -0.367 e. The lowest BCUT2D eigenvalue weighted by atomic mass is 9.98. The quantitative estimate of drug-likeness (QED) is 0.551. The average molecular weight is 262 g/mol. The van der Waals surface area contributed by atoms with Crippen LogP contribution < -0.4 is 0 Å². The molecule has 0 aromatic carbocycles. The Morgan fingerprint density at radius 2 is 1.40 bits per heavy atom. The summed E-state index contributed by atoms with van der Waals surface area (Å²) < 4.78 is 26.8. The van der Waals surface area contributed by atoms with E-state index in [4.69, 9.17) is 9.79 Å². The summed E-state index contributed by atoms with van der Waals surface area (Å²) >= 11 is 0. The van der Waals surface area contributed by atoms with Gasteiger partial charge in [-0.05, 0) is 0 Å². The van der Waals surface area contributed by atoms with Crippen LogP contribution in [0.1, 0.15) is 20.8 Å². The van der Waals surface area contributed by atoms with Crippen molar-refractivity contribution >= 4 is 15.2 Å². The van der Waals surface area contributed by atoms with E-state index in [0.29, 0.717) is 0 Å². The second-order valence-corrected chi connectivity index (χ2v) is 8.27. The van der Waals surface area contributed by atoms with E-state index in [-0.39, 0.29) is 0 Å². The fourth-order valence-corrected chi connectivity index (χ4v) is 4.69. The third-order valence-electron chi connectivity index (χ3n) is 2.05. The topological polar surface area (TPSA) is 124 Å². The molecule has 0 aromatic heterocycles. The molecule has 0 rings (SSSR count). The number of hydrogen-bond donors (Lipinski definition) is 4. The van der Waals surface area contributed by atoms with Gasteiger partial charge in [0.15, 0.2) is 0 Å². The lowest BCUT2D eigenvalue weighted by molar-refractivity contribution is 0.0379. The summed E-state index contributed by atoms with van der Waals surface area (Å²) in [5, 5.41) is 6.69. The van der Waals surface area contributed by atoms with Crippen molar-refractivity contribution in [2.75, 3.05) is 7.11 Å². The maximum atomic E-state index is 11.5. The van der Waals surface area contributed by atoms with E-state index in [9.17, 15) is 19.1 Å². The first-order valence-electron chi connectivity index (χ1n) is 3.98. The maximum Gasteiger partial charge on any atom is 0.372 e. The Hall–Kier alpha value is 0.260. The number of aliphatic hydroxyl groups is 1. The van der Waals surface area contributed by atoms with Gasteiger partial charge in [-0.15, -0.1) is 0 Å². The van der Waals surface area contributed by atoms with Crippen LogP contribution in [0.5, 0.6) is 0 Å². The van der Waals surface area contributed by atoms with Crippen LogP contribution in [0.3, 0.4) is 0 Å². The van der Waals surface area contributed by atoms with Crippen LogP contribution in [0.4, 0.5) is 0 Å². The normalized spacial score (nSPS) is 21.9. The molecule has 0 aromatic rings. The minimum absolute atomic E-state index is 0.799. The zero-order valence-corrected chi connectivity index (χ0v) is 10.7. The predicted octanol–water partition coefficient (Wildman–Crippen LogP) is 0.688. The molecule has 0 bridgehead atoms. The van der Waals surface area contributed by atoms with Gasteiger partial charge in [-0.25, -0.2) is 0 Å². The molecule has 0 heterocycles. The zero-order valence-electron chi connectivity index (χ0n) is 8.91. The molecule has 4 N–H and O–H groups in total. The molecule has 92 valence electrons. The van der Waals surface area contributed by atoms with Gasteiger partial charge >= 0.3 is 15.2 Å². The highest BCUT2D eigenvalue weighted by Crippen LogP contribution is 2.75. The molecule has 2 atom stereocenters. The molecule has 0 amide bonds. The van der Waals surface area contributed by atoms with E-state index in [1.807, 2.05) is 0 Å². The Morgan fingerprint density at radius 1 is 1.07 bits per heavy atom. The molecule has 0 saturated carbocycles. The summed E-state index contributed by atoms with van der Waals surface area (Å²) in [6.07, 6.45) is 0. The van der Waals surface area contributed by atoms with Crippen molar-refractivity contribution in [3.8, 4) is 0 Å². The third kappa shape index (κ3) is 2.34. The second-order valence-electron chi connectivity index (χ2n) is 4.13. The molecule has 7 nitrogen and oxygen atoms in total. The second kappa shape index (κ2) is 3.93. The standard InChI is InChI=1S/C6H16O7P2/c1-5(2,3)6(7,14(8,9)10)15(11,12)13-4/h7H,1-4H3,(H,11,12)(H2,8,9,10). The highest BCUT2D eigenvalue weighted by Gasteiger charge is 2.67. The van der Waals surface area contributed by atoms with Gasteiger partial charge in [0, 0.05) is 12.5 Å². The molecule has 2 unspecified atom stereocenters. The molecule has 0 spiro atoms. The highest BCUT2D eigenvalue weighted by atomic mass is 31.2. The Morgan fingerprint density at radius 3 is 1.47 bits per heavy atom. The monoisotopic (exact) mass is 262 g/mol. The van der Waals surface area contributed by atoms with Crippen molar-refractivity contribution in [3.05, 3.63) is 0 Å². The zero-order chi connectivity index (χ0) is 12.7. The van der Waals surface area contributed by atoms with Gasteiger partial charge in [-0.2, -0.15) is 0 Å². The van der Waals surface area contributed by atoms with Gasteiger partial charge in [0.1, 0.15) is 0 Å². The fraction of sp³-hybridized carbons (Fsp3) is 1.00. The third-order valence-corrected chi connectivity index (χ3v) is 7.03. The van der Waals surface area contributed by atoms with E-state index in [1.165, 1.54) is 20.8 Å². The van der Waals surface area contributed by atoms with Gasteiger partial charge in [0.25, 0.3) is 5.08 Å². The smallest absolute Gasteiger partial charge is 0.367 e. The van der Waals surface area contributed by atoms with Crippen molar-refractivity contribution in [2.24, 2.45) is 5.41 Å². The minimum atomic E-state index is -5.23. The maximum absolute atomic E-state index is 11.5.